The fraction of sp³-hybridized carbons (Fsp3) is 0.414. The van der Waals surface area contributed by atoms with Crippen molar-refractivity contribution in [3.8, 4) is 0 Å². The predicted octanol–water partition coefficient (Wildman–Crippen LogP) is 0.704. The summed E-state index contributed by atoms with van der Waals surface area (Å²) in [7, 11) is 0. The summed E-state index contributed by atoms with van der Waals surface area (Å²) in [6.45, 7) is 1.22. The molecular formula is C29H34N6O8. The van der Waals surface area contributed by atoms with Gasteiger partial charge in [-0.1, -0.05) is 30.3 Å². The van der Waals surface area contributed by atoms with E-state index in [2.05, 4.69) is 21.3 Å². The topological polar surface area (TPSA) is 178 Å². The lowest BCUT2D eigenvalue weighted by molar-refractivity contribution is -1.01. The number of cyclic esters (lactones) is 1. The van der Waals surface area contributed by atoms with Crippen LogP contribution < -0.4 is 21.3 Å². The molecule has 43 heavy (non-hydrogen) atoms. The van der Waals surface area contributed by atoms with Gasteiger partial charge in [-0.25, -0.2) is 4.76 Å². The van der Waals surface area contributed by atoms with Crippen molar-refractivity contribution in [3.63, 3.8) is 0 Å². The minimum atomic E-state index is -1.24. The number of hydrogen-bond donors (Lipinski definition) is 4. The van der Waals surface area contributed by atoms with E-state index in [0.717, 1.165) is 10.6 Å². The highest BCUT2D eigenvalue weighted by Crippen LogP contribution is 2.30. The van der Waals surface area contributed by atoms with Gasteiger partial charge in [0, 0.05) is 37.6 Å². The molecule has 0 aromatic heterocycles. The van der Waals surface area contributed by atoms with Crippen molar-refractivity contribution in [2.75, 3.05) is 25.1 Å². The second-order valence-corrected chi connectivity index (χ2v) is 10.8. The average Bonchev–Trinajstić information content (AvgIpc) is 3.21. The Labute approximate surface area is 247 Å². The highest BCUT2D eigenvalue weighted by atomic mass is 16.7. The zero-order valence-corrected chi connectivity index (χ0v) is 23.6. The zero-order chi connectivity index (χ0) is 30.6. The highest BCUT2D eigenvalue weighted by molar-refractivity contribution is 5.95. The molecule has 3 fully saturated rings. The first-order valence-corrected chi connectivity index (χ1v) is 14.1. The molecule has 4 amide bonds. The first-order chi connectivity index (χ1) is 20.6. The van der Waals surface area contributed by atoms with E-state index in [-0.39, 0.29) is 57.1 Å². The van der Waals surface area contributed by atoms with Gasteiger partial charge in [0.25, 0.3) is 11.8 Å². The number of nitrogens with one attached hydrogen (secondary N) is 4. The molecule has 5 atom stereocenters. The third-order valence-electron chi connectivity index (χ3n) is 7.63. The summed E-state index contributed by atoms with van der Waals surface area (Å²) >= 11 is 0. The normalized spacial score (nSPS) is 27.0. The minimum Gasteiger partial charge on any atom is -0.604 e. The standard InChI is InChI=1S/C29H34N6O8/c1-18(36)31-22-9-7-20(8-10-22)27(39)33-24-11-12-25(37)34-17-30-14-21(15-35(24,34)41)28(40)32-23-13-26(38)43-29(23)42-16-19-5-3-2-4-6-19/h2-10,21,23-24,29-30H,11-17H2,1H3,(H,31,36)(H,32,40)(H,33,39). The molecule has 3 saturated heterocycles. The van der Waals surface area contributed by atoms with Gasteiger partial charge >= 0.3 is 5.97 Å². The van der Waals surface area contributed by atoms with Gasteiger partial charge in [0.15, 0.2) is 6.17 Å². The van der Waals surface area contributed by atoms with Crippen LogP contribution in [0.15, 0.2) is 54.6 Å². The van der Waals surface area contributed by atoms with E-state index in [1.165, 1.54) is 19.1 Å². The molecule has 0 radical (unpaired) electrons. The molecule has 0 aliphatic carbocycles. The summed E-state index contributed by atoms with van der Waals surface area (Å²) in [5, 5.41) is 26.7. The largest absolute Gasteiger partial charge is 0.604 e. The molecule has 3 aliphatic rings. The van der Waals surface area contributed by atoms with Crippen LogP contribution in [0.4, 0.5) is 5.69 Å². The Bertz CT molecular complexity index is 1370. The van der Waals surface area contributed by atoms with Crippen LogP contribution in [0.1, 0.15) is 42.1 Å². The molecule has 0 spiro atoms. The fourth-order valence-corrected chi connectivity index (χ4v) is 5.46. The Kier molecular flexibility index (Phi) is 9.01. The van der Waals surface area contributed by atoms with Crippen LogP contribution in [-0.2, 0) is 35.3 Å². The Morgan fingerprint density at radius 1 is 1.09 bits per heavy atom. The SMILES string of the molecule is CC(=O)Nc1ccc(C(=O)NC2CCC(=O)N3CNCC(C(=O)NC4CC(=O)OC4OCc4ccccc4)C[N+]23[O-])cc1. The Morgan fingerprint density at radius 3 is 2.56 bits per heavy atom. The van der Waals surface area contributed by atoms with Gasteiger partial charge in [-0.2, -0.15) is 5.01 Å². The molecule has 14 nitrogen and oxygen atoms in total. The van der Waals surface area contributed by atoms with E-state index in [4.69, 9.17) is 9.47 Å². The van der Waals surface area contributed by atoms with Gasteiger partial charge in [-0.15, -0.1) is 0 Å². The number of hydroxylamine groups is 2. The van der Waals surface area contributed by atoms with Crippen LogP contribution in [-0.4, -0.2) is 77.6 Å². The number of carbonyl (C=O) groups is 5. The van der Waals surface area contributed by atoms with Crippen LogP contribution in [0.5, 0.6) is 0 Å². The summed E-state index contributed by atoms with van der Waals surface area (Å²) in [4.78, 5) is 62.7. The molecule has 2 aromatic carbocycles. The lowest BCUT2D eigenvalue weighted by Gasteiger charge is -2.55. The number of ether oxygens (including phenoxy) is 2. The van der Waals surface area contributed by atoms with Crippen molar-refractivity contribution in [3.05, 3.63) is 70.9 Å². The molecule has 5 unspecified atom stereocenters. The fourth-order valence-electron chi connectivity index (χ4n) is 5.46. The first-order valence-electron chi connectivity index (χ1n) is 14.1. The number of esters is 1. The second kappa shape index (κ2) is 12.9. The lowest BCUT2D eigenvalue weighted by atomic mass is 10.1. The van der Waals surface area contributed by atoms with Crippen molar-refractivity contribution < 1.29 is 38.2 Å². The van der Waals surface area contributed by atoms with Crippen LogP contribution in [0.2, 0.25) is 0 Å². The predicted molar refractivity (Wildman–Crippen MR) is 151 cm³/mol. The highest BCUT2D eigenvalue weighted by Gasteiger charge is 2.48. The van der Waals surface area contributed by atoms with E-state index in [0.29, 0.717) is 5.69 Å². The van der Waals surface area contributed by atoms with Crippen LogP contribution in [0, 0.1) is 11.1 Å². The number of anilines is 1. The zero-order valence-electron chi connectivity index (χ0n) is 23.6. The van der Waals surface area contributed by atoms with Crippen molar-refractivity contribution in [2.45, 2.75) is 51.3 Å². The first kappa shape index (κ1) is 30.1. The second-order valence-electron chi connectivity index (χ2n) is 10.8. The van der Waals surface area contributed by atoms with E-state index >= 15 is 0 Å². The number of quaternary nitrogens is 1. The monoisotopic (exact) mass is 594 g/mol. The minimum absolute atomic E-state index is 0.0508. The number of nitrogens with zero attached hydrogens (tertiary/aromatic N) is 2. The molecular weight excluding hydrogens is 560 g/mol. The number of hydrogen-bond acceptors (Lipinski definition) is 9. The third-order valence-corrected chi connectivity index (χ3v) is 7.63. The lowest BCUT2D eigenvalue weighted by Crippen LogP contribution is -2.72. The number of benzene rings is 2. The Morgan fingerprint density at radius 2 is 1.84 bits per heavy atom. The van der Waals surface area contributed by atoms with Crippen molar-refractivity contribution in [1.82, 2.24) is 21.0 Å². The molecule has 4 N–H and O–H groups in total. The van der Waals surface area contributed by atoms with Gasteiger partial charge in [0.2, 0.25) is 18.1 Å². The molecule has 0 bridgehead atoms. The van der Waals surface area contributed by atoms with Crippen LogP contribution >= 0.6 is 0 Å². The summed E-state index contributed by atoms with van der Waals surface area (Å²) < 4.78 is 9.81. The molecule has 14 heteroatoms. The number of amides is 4. The van der Waals surface area contributed by atoms with E-state index in [9.17, 15) is 29.2 Å². The van der Waals surface area contributed by atoms with Gasteiger partial charge in [0.05, 0.1) is 13.0 Å². The smallest absolute Gasteiger partial charge is 0.310 e. The van der Waals surface area contributed by atoms with E-state index < -0.39 is 52.9 Å². The Balaban J connectivity index is 1.26. The summed E-state index contributed by atoms with van der Waals surface area (Å²) in [6, 6.07) is 14.7. The number of carbonyl (C=O) groups excluding carboxylic acids is 5. The summed E-state index contributed by atoms with van der Waals surface area (Å²) in [5.41, 5.74) is 1.65. The molecule has 3 aliphatic heterocycles. The maximum Gasteiger partial charge on any atom is 0.310 e. The summed E-state index contributed by atoms with van der Waals surface area (Å²) in [5.74, 6) is -3.09. The average molecular weight is 595 g/mol. The van der Waals surface area contributed by atoms with Gasteiger partial charge < -0.3 is 30.6 Å². The molecule has 0 saturated carbocycles. The molecule has 228 valence electrons. The van der Waals surface area contributed by atoms with Crippen molar-refractivity contribution in [1.29, 1.82) is 0 Å². The van der Waals surface area contributed by atoms with Crippen LogP contribution in [0.3, 0.4) is 0 Å². The van der Waals surface area contributed by atoms with E-state index in [1.807, 2.05) is 30.3 Å². The van der Waals surface area contributed by atoms with Gasteiger partial charge in [-0.05, 0) is 29.8 Å². The molecule has 3 heterocycles. The summed E-state index contributed by atoms with van der Waals surface area (Å²) in [6.07, 6.45) is -1.98. The quantitative estimate of drug-likeness (QED) is 0.195. The van der Waals surface area contributed by atoms with Crippen molar-refractivity contribution >= 4 is 35.3 Å². The third kappa shape index (κ3) is 7.00. The maximum absolute atomic E-state index is 14.4. The van der Waals surface area contributed by atoms with Crippen LogP contribution in [0.25, 0.3) is 0 Å². The number of rotatable bonds is 8. The van der Waals surface area contributed by atoms with Crippen molar-refractivity contribution in [2.24, 2.45) is 5.92 Å². The van der Waals surface area contributed by atoms with E-state index in [1.54, 1.807) is 12.1 Å². The maximum atomic E-state index is 14.4. The molecule has 5 rings (SSSR count). The molecule has 2 aromatic rings. The van der Waals surface area contributed by atoms with Gasteiger partial charge in [0.1, 0.15) is 25.2 Å². The number of fused-ring (bicyclic) bond motifs is 1. The Hall–Kier alpha value is -4.37. The van der Waals surface area contributed by atoms with Gasteiger partial charge in [-0.3, -0.25) is 29.3 Å².